The van der Waals surface area contributed by atoms with Gasteiger partial charge in [-0.2, -0.15) is 0 Å². The van der Waals surface area contributed by atoms with Crippen LogP contribution >= 0.6 is 23.1 Å². The summed E-state index contributed by atoms with van der Waals surface area (Å²) in [4.78, 5) is 12.1. The van der Waals surface area contributed by atoms with Crippen LogP contribution in [0.25, 0.3) is 10.8 Å². The average Bonchev–Trinajstić information content (AvgIpc) is 3.49. The molecule has 0 saturated carbocycles. The number of hydrogen-bond donors (Lipinski definition) is 1. The van der Waals surface area contributed by atoms with Crippen LogP contribution in [0.2, 0.25) is 0 Å². The first-order valence-corrected chi connectivity index (χ1v) is 10.6. The lowest BCUT2D eigenvalue weighted by molar-refractivity contribution is -0.118. The molecule has 0 fully saturated rings. The second kappa shape index (κ2) is 8.62. The smallest absolute Gasteiger partial charge is 0.257 e. The van der Waals surface area contributed by atoms with E-state index in [9.17, 15) is 4.79 Å². The highest BCUT2D eigenvalue weighted by molar-refractivity contribution is 7.99. The Morgan fingerprint density at radius 2 is 2.17 bits per heavy atom. The summed E-state index contributed by atoms with van der Waals surface area (Å²) in [7, 11) is 0. The van der Waals surface area contributed by atoms with Crippen molar-refractivity contribution in [3.05, 3.63) is 53.4 Å². The molecule has 1 unspecified atom stereocenters. The van der Waals surface area contributed by atoms with Crippen LogP contribution in [0.4, 0.5) is 0 Å². The topological polar surface area (TPSA) is 126 Å². The Kier molecular flexibility index (Phi) is 5.76. The number of aromatic nitrogens is 5. The van der Waals surface area contributed by atoms with Crippen molar-refractivity contribution in [1.82, 2.24) is 25.0 Å². The summed E-state index contributed by atoms with van der Waals surface area (Å²) >= 11 is 2.99. The van der Waals surface area contributed by atoms with Gasteiger partial charge < -0.3 is 14.6 Å². The van der Waals surface area contributed by atoms with Gasteiger partial charge in [0.05, 0.1) is 22.9 Å². The van der Waals surface area contributed by atoms with Crippen LogP contribution in [0.15, 0.2) is 49.9 Å². The number of amides is 1. The number of aryl methyl sites for hydroxylation is 1. The number of hydrogen-bond acceptors (Lipinski definition) is 9. The van der Waals surface area contributed by atoms with Crippen LogP contribution in [-0.4, -0.2) is 30.9 Å². The lowest BCUT2D eigenvalue weighted by Crippen LogP contribution is -2.14. The van der Waals surface area contributed by atoms with Gasteiger partial charge >= 0.3 is 0 Å². The van der Waals surface area contributed by atoms with Gasteiger partial charge in [0.25, 0.3) is 5.89 Å². The van der Waals surface area contributed by atoms with Crippen molar-refractivity contribution < 1.29 is 13.6 Å². The summed E-state index contributed by atoms with van der Waals surface area (Å²) in [6.07, 6.45) is 2.22. The normalized spacial score (nSPS) is 12.3. The highest BCUT2D eigenvalue weighted by atomic mass is 32.2. The number of primary amides is 1. The second-order valence-corrected chi connectivity index (χ2v) is 8.47. The number of thiophene rings is 1. The van der Waals surface area contributed by atoms with E-state index >= 15 is 0 Å². The SMILES string of the molecule is CC(Sc1nnc(CCC(N)=O)n1Cc1ccco1)c1nnc(-c2cccs2)o1. The van der Waals surface area contributed by atoms with Crippen molar-refractivity contribution >= 4 is 29.0 Å². The maximum atomic E-state index is 11.2. The Labute approximate surface area is 174 Å². The van der Waals surface area contributed by atoms with Crippen molar-refractivity contribution in [2.24, 2.45) is 5.73 Å². The van der Waals surface area contributed by atoms with Gasteiger partial charge in [-0.15, -0.1) is 31.7 Å². The molecule has 29 heavy (non-hydrogen) atoms. The molecule has 0 bridgehead atoms. The van der Waals surface area contributed by atoms with Crippen molar-refractivity contribution in [2.45, 2.75) is 36.7 Å². The molecule has 0 aliphatic heterocycles. The number of thioether (sulfide) groups is 1. The van der Waals surface area contributed by atoms with E-state index in [-0.39, 0.29) is 17.6 Å². The molecule has 0 saturated heterocycles. The summed E-state index contributed by atoms with van der Waals surface area (Å²) in [6, 6.07) is 7.57. The maximum Gasteiger partial charge on any atom is 0.257 e. The summed E-state index contributed by atoms with van der Waals surface area (Å²) in [6.45, 7) is 2.42. The van der Waals surface area contributed by atoms with Crippen molar-refractivity contribution in [3.8, 4) is 10.8 Å². The largest absolute Gasteiger partial charge is 0.467 e. The molecule has 0 spiro atoms. The molecule has 11 heteroatoms. The van der Waals surface area contributed by atoms with Crippen molar-refractivity contribution in [1.29, 1.82) is 0 Å². The molecule has 150 valence electrons. The predicted molar refractivity (Wildman–Crippen MR) is 107 cm³/mol. The third-order valence-corrected chi connectivity index (χ3v) is 6.01. The molecule has 2 N–H and O–H groups in total. The minimum absolute atomic E-state index is 0.139. The van der Waals surface area contributed by atoms with E-state index in [0.29, 0.717) is 35.7 Å². The zero-order chi connectivity index (χ0) is 20.2. The van der Waals surface area contributed by atoms with Gasteiger partial charge in [0.2, 0.25) is 11.8 Å². The fraction of sp³-hybridized carbons (Fsp3) is 0.278. The average molecular weight is 431 g/mol. The van der Waals surface area contributed by atoms with E-state index in [1.807, 2.05) is 41.1 Å². The Bertz CT molecular complexity index is 1070. The van der Waals surface area contributed by atoms with Gasteiger partial charge in [0.15, 0.2) is 5.16 Å². The molecule has 9 nitrogen and oxygen atoms in total. The number of carbonyl (C=O) groups excluding carboxylic acids is 1. The van der Waals surface area contributed by atoms with E-state index in [2.05, 4.69) is 20.4 Å². The highest BCUT2D eigenvalue weighted by Crippen LogP contribution is 2.35. The molecule has 0 aliphatic rings. The van der Waals surface area contributed by atoms with Crippen LogP contribution in [0.3, 0.4) is 0 Å². The summed E-state index contributed by atoms with van der Waals surface area (Å²) in [5, 5.41) is 19.3. The molecule has 0 aliphatic carbocycles. The number of nitrogens with zero attached hydrogens (tertiary/aromatic N) is 5. The minimum atomic E-state index is -0.382. The number of carbonyl (C=O) groups is 1. The van der Waals surface area contributed by atoms with Gasteiger partial charge in [-0.25, -0.2) is 0 Å². The van der Waals surface area contributed by atoms with Gasteiger partial charge in [0.1, 0.15) is 11.6 Å². The molecule has 4 rings (SSSR count). The molecule has 1 amide bonds. The predicted octanol–water partition coefficient (Wildman–Crippen LogP) is 3.30. The zero-order valence-corrected chi connectivity index (χ0v) is 17.2. The second-order valence-electron chi connectivity index (χ2n) is 6.21. The maximum absolute atomic E-state index is 11.2. The lowest BCUT2D eigenvalue weighted by Gasteiger charge is -2.10. The Morgan fingerprint density at radius 3 is 2.90 bits per heavy atom. The summed E-state index contributed by atoms with van der Waals surface area (Å²) in [5.41, 5.74) is 5.29. The van der Waals surface area contributed by atoms with Gasteiger partial charge in [-0.3, -0.25) is 9.36 Å². The van der Waals surface area contributed by atoms with Crippen LogP contribution in [0, 0.1) is 0 Å². The summed E-state index contributed by atoms with van der Waals surface area (Å²) in [5.74, 6) is 2.05. The van der Waals surface area contributed by atoms with Crippen molar-refractivity contribution in [2.75, 3.05) is 0 Å². The Balaban J connectivity index is 1.54. The van der Waals surface area contributed by atoms with Crippen LogP contribution in [-0.2, 0) is 17.8 Å². The van der Waals surface area contributed by atoms with Gasteiger partial charge in [-0.1, -0.05) is 17.8 Å². The van der Waals surface area contributed by atoms with Gasteiger partial charge in [-0.05, 0) is 30.5 Å². The van der Waals surface area contributed by atoms with Crippen LogP contribution in [0.1, 0.15) is 36.1 Å². The van der Waals surface area contributed by atoms with Gasteiger partial charge in [0, 0.05) is 12.8 Å². The molecule has 0 radical (unpaired) electrons. The zero-order valence-electron chi connectivity index (χ0n) is 15.5. The Hall–Kier alpha value is -2.92. The standard InChI is InChI=1S/C18H18N6O3S2/c1-11(16-21-22-17(27-16)13-5-3-9-28-13)29-18-23-20-15(7-6-14(19)25)24(18)10-12-4-2-8-26-12/h2-5,8-9,11H,6-7,10H2,1H3,(H2,19,25). The van der Waals surface area contributed by atoms with E-state index < -0.39 is 0 Å². The molecular formula is C18H18N6O3S2. The molecule has 4 heterocycles. The fourth-order valence-electron chi connectivity index (χ4n) is 2.65. The highest BCUT2D eigenvalue weighted by Gasteiger charge is 2.22. The van der Waals surface area contributed by atoms with Crippen LogP contribution < -0.4 is 5.73 Å². The molecule has 0 aromatic carbocycles. The number of furan rings is 1. The van der Waals surface area contributed by atoms with E-state index in [4.69, 9.17) is 14.6 Å². The first kappa shape index (κ1) is 19.4. The van der Waals surface area contributed by atoms with E-state index in [1.165, 1.54) is 11.8 Å². The fourth-order valence-corrected chi connectivity index (χ4v) is 4.19. The number of rotatable bonds is 9. The monoisotopic (exact) mass is 430 g/mol. The van der Waals surface area contributed by atoms with E-state index in [0.717, 1.165) is 10.6 Å². The first-order valence-electron chi connectivity index (χ1n) is 8.87. The number of nitrogens with two attached hydrogens (primary N) is 1. The van der Waals surface area contributed by atoms with Crippen molar-refractivity contribution in [3.63, 3.8) is 0 Å². The third kappa shape index (κ3) is 4.57. The third-order valence-electron chi connectivity index (χ3n) is 4.09. The Morgan fingerprint density at radius 1 is 1.28 bits per heavy atom. The first-order chi connectivity index (χ1) is 14.1. The quantitative estimate of drug-likeness (QED) is 0.401. The summed E-state index contributed by atoms with van der Waals surface area (Å²) < 4.78 is 13.2. The molecule has 4 aromatic rings. The van der Waals surface area contributed by atoms with E-state index in [1.54, 1.807) is 17.6 Å². The molecule has 1 atom stereocenters. The molecular weight excluding hydrogens is 412 g/mol. The van der Waals surface area contributed by atoms with Crippen LogP contribution in [0.5, 0.6) is 0 Å². The lowest BCUT2D eigenvalue weighted by atomic mass is 10.3. The molecule has 4 aromatic heterocycles. The minimum Gasteiger partial charge on any atom is -0.467 e.